The largest absolute Gasteiger partial charge is 0.420 e. The predicted octanol–water partition coefficient (Wildman–Crippen LogP) is 1.79. The van der Waals surface area contributed by atoms with Crippen molar-refractivity contribution in [1.82, 2.24) is 9.88 Å². The number of nitrogens with zero attached hydrogens (tertiary/aromatic N) is 1. The number of aromatic nitrogens is 1. The van der Waals surface area contributed by atoms with Gasteiger partial charge >= 0.3 is 5.76 Å². The minimum Gasteiger partial charge on any atom is -0.408 e. The van der Waals surface area contributed by atoms with Gasteiger partial charge in [-0.2, -0.15) is 0 Å². The van der Waals surface area contributed by atoms with E-state index in [4.69, 9.17) is 13.9 Å². The average Bonchev–Trinajstić information content (AvgIpc) is 3.15. The van der Waals surface area contributed by atoms with Gasteiger partial charge in [-0.15, -0.1) is 0 Å². The number of rotatable bonds is 4. The second kappa shape index (κ2) is 6.65. The zero-order chi connectivity index (χ0) is 17.3. The van der Waals surface area contributed by atoms with Crippen molar-refractivity contribution in [3.05, 3.63) is 34.8 Å². The van der Waals surface area contributed by atoms with Gasteiger partial charge in [-0.05, 0) is 25.0 Å². The molecule has 0 radical (unpaired) electrons. The van der Waals surface area contributed by atoms with Crippen LogP contribution in [0.2, 0.25) is 0 Å². The summed E-state index contributed by atoms with van der Waals surface area (Å²) in [5.41, 5.74) is 1.09. The van der Waals surface area contributed by atoms with E-state index in [1.807, 2.05) is 0 Å². The van der Waals surface area contributed by atoms with E-state index in [0.717, 1.165) is 25.7 Å². The molecule has 7 heteroatoms. The molecule has 2 fully saturated rings. The van der Waals surface area contributed by atoms with Crippen LogP contribution in [0, 0.1) is 0 Å². The average molecular weight is 346 g/mol. The van der Waals surface area contributed by atoms with E-state index in [9.17, 15) is 9.59 Å². The van der Waals surface area contributed by atoms with Crippen LogP contribution in [-0.4, -0.2) is 35.5 Å². The zero-order valence-corrected chi connectivity index (χ0v) is 14.0. The minimum atomic E-state index is -0.530. The molecular formula is C18H22N2O5. The molecule has 1 aromatic heterocycles. The molecule has 1 atom stereocenters. The molecule has 1 aromatic carbocycles. The van der Waals surface area contributed by atoms with E-state index < -0.39 is 11.5 Å². The molecule has 1 aliphatic heterocycles. The summed E-state index contributed by atoms with van der Waals surface area (Å²) in [6.07, 6.45) is 5.18. The molecule has 0 bridgehead atoms. The summed E-state index contributed by atoms with van der Waals surface area (Å²) >= 11 is 0. The van der Waals surface area contributed by atoms with Crippen molar-refractivity contribution in [2.45, 2.75) is 50.5 Å². The van der Waals surface area contributed by atoms with Crippen LogP contribution >= 0.6 is 0 Å². The molecule has 25 heavy (non-hydrogen) atoms. The van der Waals surface area contributed by atoms with Gasteiger partial charge in [0.15, 0.2) is 11.4 Å². The summed E-state index contributed by atoms with van der Waals surface area (Å²) in [6, 6.07) is 7.06. The fourth-order valence-corrected chi connectivity index (χ4v) is 3.66. The highest BCUT2D eigenvalue weighted by molar-refractivity contribution is 5.79. The van der Waals surface area contributed by atoms with Gasteiger partial charge in [0.05, 0.1) is 12.1 Å². The fourth-order valence-electron chi connectivity index (χ4n) is 3.66. The Morgan fingerprint density at radius 3 is 2.88 bits per heavy atom. The lowest BCUT2D eigenvalue weighted by Gasteiger charge is -2.31. The SMILES string of the molecule is O=C(Cn1c(=O)oc2ccccc21)NCC1COC2(CCCCC2)O1. The first-order chi connectivity index (χ1) is 12.2. The van der Waals surface area contributed by atoms with Gasteiger partial charge in [-0.25, -0.2) is 4.79 Å². The lowest BCUT2D eigenvalue weighted by atomic mass is 9.94. The molecule has 1 unspecified atom stereocenters. The van der Waals surface area contributed by atoms with Crippen molar-refractivity contribution < 1.29 is 18.7 Å². The molecule has 1 spiro atoms. The molecule has 7 nitrogen and oxygen atoms in total. The predicted molar refractivity (Wildman–Crippen MR) is 90.1 cm³/mol. The molecule has 4 rings (SSSR count). The number of nitrogens with one attached hydrogen (secondary N) is 1. The summed E-state index contributed by atoms with van der Waals surface area (Å²) < 4.78 is 18.4. The Bertz CT molecular complexity index is 818. The fraction of sp³-hybridized carbons (Fsp3) is 0.556. The summed E-state index contributed by atoms with van der Waals surface area (Å²) in [4.78, 5) is 24.1. The Morgan fingerprint density at radius 2 is 2.04 bits per heavy atom. The van der Waals surface area contributed by atoms with Crippen molar-refractivity contribution in [2.75, 3.05) is 13.2 Å². The van der Waals surface area contributed by atoms with E-state index in [2.05, 4.69) is 5.32 Å². The number of carbonyl (C=O) groups is 1. The standard InChI is InChI=1S/C18H22N2O5/c21-16(11-20-14-6-2-3-7-15(14)24-17(20)22)19-10-13-12-23-18(25-13)8-4-1-5-9-18/h2-3,6-7,13H,1,4-5,8-12H2,(H,19,21). The van der Waals surface area contributed by atoms with E-state index in [-0.39, 0.29) is 18.6 Å². The lowest BCUT2D eigenvalue weighted by Crippen LogP contribution is -2.38. The monoisotopic (exact) mass is 346 g/mol. The number of oxazole rings is 1. The topological polar surface area (TPSA) is 82.7 Å². The van der Waals surface area contributed by atoms with E-state index in [1.165, 1.54) is 11.0 Å². The normalized spacial score (nSPS) is 22.5. The van der Waals surface area contributed by atoms with Crippen molar-refractivity contribution in [3.63, 3.8) is 0 Å². The number of ether oxygens (including phenoxy) is 2. The Morgan fingerprint density at radius 1 is 1.24 bits per heavy atom. The van der Waals surface area contributed by atoms with Gasteiger partial charge in [0, 0.05) is 19.4 Å². The Hall–Kier alpha value is -2.12. The van der Waals surface area contributed by atoms with Crippen LogP contribution < -0.4 is 11.1 Å². The second-order valence-corrected chi connectivity index (χ2v) is 6.75. The minimum absolute atomic E-state index is 0.0748. The highest BCUT2D eigenvalue weighted by atomic mass is 16.7. The van der Waals surface area contributed by atoms with Gasteiger partial charge in [-0.3, -0.25) is 9.36 Å². The zero-order valence-electron chi connectivity index (χ0n) is 14.0. The maximum atomic E-state index is 12.2. The van der Waals surface area contributed by atoms with E-state index >= 15 is 0 Å². The first kappa shape index (κ1) is 16.4. The van der Waals surface area contributed by atoms with Crippen LogP contribution in [0.3, 0.4) is 0 Å². The van der Waals surface area contributed by atoms with Crippen molar-refractivity contribution in [1.29, 1.82) is 0 Å². The number of fused-ring (bicyclic) bond motifs is 1. The molecule has 2 aromatic rings. The summed E-state index contributed by atoms with van der Waals surface area (Å²) in [7, 11) is 0. The summed E-state index contributed by atoms with van der Waals surface area (Å²) in [5, 5.41) is 2.83. The first-order valence-corrected chi connectivity index (χ1v) is 8.82. The summed E-state index contributed by atoms with van der Waals surface area (Å²) in [6.45, 7) is 0.800. The second-order valence-electron chi connectivity index (χ2n) is 6.75. The van der Waals surface area contributed by atoms with Crippen LogP contribution in [0.25, 0.3) is 11.1 Å². The number of carbonyl (C=O) groups excluding carboxylic acids is 1. The van der Waals surface area contributed by atoms with Gasteiger partial charge in [0.2, 0.25) is 5.91 Å². The summed E-state index contributed by atoms with van der Waals surface area (Å²) in [5.74, 6) is -1.22. The van der Waals surface area contributed by atoms with Gasteiger partial charge in [0.25, 0.3) is 0 Å². The quantitative estimate of drug-likeness (QED) is 0.912. The number of benzene rings is 1. The molecule has 2 aliphatic rings. The third kappa shape index (κ3) is 3.34. The third-order valence-corrected chi connectivity index (χ3v) is 4.93. The highest BCUT2D eigenvalue weighted by Crippen LogP contribution is 2.37. The molecule has 1 aliphatic carbocycles. The molecule has 2 heterocycles. The van der Waals surface area contributed by atoms with Crippen LogP contribution in [-0.2, 0) is 20.8 Å². The van der Waals surface area contributed by atoms with Crippen LogP contribution in [0.1, 0.15) is 32.1 Å². The molecule has 1 amide bonds. The van der Waals surface area contributed by atoms with E-state index in [1.54, 1.807) is 24.3 Å². The maximum Gasteiger partial charge on any atom is 0.420 e. The van der Waals surface area contributed by atoms with Gasteiger partial charge in [0.1, 0.15) is 12.6 Å². The van der Waals surface area contributed by atoms with Crippen molar-refractivity contribution in [2.24, 2.45) is 0 Å². The number of amides is 1. The third-order valence-electron chi connectivity index (χ3n) is 4.93. The lowest BCUT2D eigenvalue weighted by molar-refractivity contribution is -0.186. The smallest absolute Gasteiger partial charge is 0.408 e. The van der Waals surface area contributed by atoms with Gasteiger partial charge in [-0.1, -0.05) is 18.6 Å². The number of hydrogen-bond donors (Lipinski definition) is 1. The van der Waals surface area contributed by atoms with Crippen LogP contribution in [0.15, 0.2) is 33.5 Å². The van der Waals surface area contributed by atoms with Crippen LogP contribution in [0.4, 0.5) is 0 Å². The van der Waals surface area contributed by atoms with Crippen LogP contribution in [0.5, 0.6) is 0 Å². The number of hydrogen-bond acceptors (Lipinski definition) is 5. The molecular weight excluding hydrogens is 324 g/mol. The first-order valence-electron chi connectivity index (χ1n) is 8.82. The molecule has 1 N–H and O–H groups in total. The van der Waals surface area contributed by atoms with Crippen molar-refractivity contribution in [3.8, 4) is 0 Å². The maximum absolute atomic E-state index is 12.2. The highest BCUT2D eigenvalue weighted by Gasteiger charge is 2.42. The van der Waals surface area contributed by atoms with E-state index in [0.29, 0.717) is 24.3 Å². The Kier molecular flexibility index (Phi) is 4.35. The Balaban J connectivity index is 1.34. The molecule has 1 saturated carbocycles. The van der Waals surface area contributed by atoms with Crippen molar-refractivity contribution >= 4 is 17.0 Å². The molecule has 134 valence electrons. The molecule has 1 saturated heterocycles. The Labute approximate surface area is 144 Å². The number of para-hydroxylation sites is 2. The van der Waals surface area contributed by atoms with Gasteiger partial charge < -0.3 is 19.2 Å².